The minimum Gasteiger partial charge on any atom is -0.493 e. The lowest BCUT2D eigenvalue weighted by atomic mass is 10.2. The van der Waals surface area contributed by atoms with Gasteiger partial charge in [-0.1, -0.05) is 23.7 Å². The van der Waals surface area contributed by atoms with E-state index in [1.807, 2.05) is 47.4 Å². The summed E-state index contributed by atoms with van der Waals surface area (Å²) in [7, 11) is 3.20. The Morgan fingerprint density at radius 1 is 1.07 bits per heavy atom. The molecule has 6 nitrogen and oxygen atoms in total. The highest BCUT2D eigenvalue weighted by molar-refractivity contribution is 7.13. The molecule has 3 aromatic rings. The summed E-state index contributed by atoms with van der Waals surface area (Å²) in [6.45, 7) is 2.79. The SMILES string of the molecule is COc1cccc(-c2nc(C(=O)N3CCN(c4cccc(Cl)c4)CC3)cs2)c1OC. The van der Waals surface area contributed by atoms with Gasteiger partial charge in [0.05, 0.1) is 19.8 Å². The fraction of sp³-hybridized carbons (Fsp3) is 0.273. The lowest BCUT2D eigenvalue weighted by Gasteiger charge is -2.35. The molecule has 0 saturated carbocycles. The molecule has 8 heteroatoms. The molecule has 1 amide bonds. The van der Waals surface area contributed by atoms with E-state index in [9.17, 15) is 4.79 Å². The molecule has 1 aliphatic heterocycles. The van der Waals surface area contributed by atoms with Gasteiger partial charge in [-0.05, 0) is 30.3 Å². The van der Waals surface area contributed by atoms with Crippen molar-refractivity contribution in [2.24, 2.45) is 0 Å². The summed E-state index contributed by atoms with van der Waals surface area (Å²) in [6, 6.07) is 13.4. The molecule has 1 aliphatic rings. The molecular weight excluding hydrogens is 422 g/mol. The van der Waals surface area contributed by atoms with E-state index in [-0.39, 0.29) is 5.91 Å². The summed E-state index contributed by atoms with van der Waals surface area (Å²) in [5, 5.41) is 3.25. The quantitative estimate of drug-likeness (QED) is 0.583. The predicted octanol–water partition coefficient (Wildman–Crippen LogP) is 4.44. The number of benzene rings is 2. The van der Waals surface area contributed by atoms with Crippen molar-refractivity contribution in [2.45, 2.75) is 0 Å². The first kappa shape index (κ1) is 20.5. The zero-order chi connectivity index (χ0) is 21.1. The zero-order valence-electron chi connectivity index (χ0n) is 16.8. The van der Waals surface area contributed by atoms with E-state index in [0.29, 0.717) is 35.3 Å². The van der Waals surface area contributed by atoms with Crippen LogP contribution in [-0.2, 0) is 0 Å². The Balaban J connectivity index is 1.47. The maximum absolute atomic E-state index is 13.0. The number of carbonyl (C=O) groups is 1. The molecule has 0 radical (unpaired) electrons. The number of anilines is 1. The molecule has 4 rings (SSSR count). The summed E-state index contributed by atoms with van der Waals surface area (Å²) < 4.78 is 10.9. The molecule has 0 N–H and O–H groups in total. The van der Waals surface area contributed by atoms with E-state index >= 15 is 0 Å². The van der Waals surface area contributed by atoms with Crippen LogP contribution in [-0.4, -0.2) is 56.2 Å². The summed E-state index contributed by atoms with van der Waals surface area (Å²) in [5.41, 5.74) is 2.35. The number of thiazole rings is 1. The van der Waals surface area contributed by atoms with Crippen LogP contribution in [0.4, 0.5) is 5.69 Å². The third-order valence-electron chi connectivity index (χ3n) is 5.10. The lowest BCUT2D eigenvalue weighted by molar-refractivity contribution is 0.0742. The molecule has 0 unspecified atom stereocenters. The maximum atomic E-state index is 13.0. The Hall–Kier alpha value is -2.77. The summed E-state index contributed by atoms with van der Waals surface area (Å²) >= 11 is 7.53. The number of hydrogen-bond donors (Lipinski definition) is 0. The van der Waals surface area contributed by atoms with Crippen molar-refractivity contribution in [3.63, 3.8) is 0 Å². The van der Waals surface area contributed by atoms with Crippen LogP contribution in [0, 0.1) is 0 Å². The van der Waals surface area contributed by atoms with Gasteiger partial charge in [-0.3, -0.25) is 4.79 Å². The van der Waals surface area contributed by atoms with Gasteiger partial charge in [0.1, 0.15) is 10.7 Å². The monoisotopic (exact) mass is 443 g/mol. The highest BCUT2D eigenvalue weighted by atomic mass is 35.5. The van der Waals surface area contributed by atoms with E-state index in [2.05, 4.69) is 9.88 Å². The van der Waals surface area contributed by atoms with Gasteiger partial charge in [0.15, 0.2) is 11.5 Å². The van der Waals surface area contributed by atoms with Crippen LogP contribution < -0.4 is 14.4 Å². The molecule has 0 bridgehead atoms. The van der Waals surface area contributed by atoms with Gasteiger partial charge in [0, 0.05) is 42.3 Å². The minimum atomic E-state index is -0.0508. The molecule has 1 fully saturated rings. The standard InChI is InChI=1S/C22H22ClN3O3S/c1-28-19-8-4-7-17(20(19)29-2)21-24-18(14-30-21)22(27)26-11-9-25(10-12-26)16-6-3-5-15(23)13-16/h3-8,13-14H,9-12H2,1-2H3. The van der Waals surface area contributed by atoms with Crippen molar-refractivity contribution >= 4 is 34.5 Å². The number of ether oxygens (including phenoxy) is 2. The van der Waals surface area contributed by atoms with Crippen LogP contribution >= 0.6 is 22.9 Å². The molecule has 1 saturated heterocycles. The van der Waals surface area contributed by atoms with Crippen molar-refractivity contribution in [3.05, 3.63) is 58.6 Å². The third kappa shape index (κ3) is 4.08. The number of hydrogen-bond acceptors (Lipinski definition) is 6. The second kappa shape index (κ2) is 8.93. The van der Waals surface area contributed by atoms with Gasteiger partial charge in [-0.2, -0.15) is 0 Å². The summed E-state index contributed by atoms with van der Waals surface area (Å²) in [4.78, 5) is 21.7. The normalized spacial score (nSPS) is 14.0. The molecule has 0 spiro atoms. The van der Waals surface area contributed by atoms with Crippen LogP contribution in [0.25, 0.3) is 10.6 Å². The van der Waals surface area contributed by atoms with Crippen molar-refractivity contribution in [1.29, 1.82) is 0 Å². The number of amides is 1. The highest BCUT2D eigenvalue weighted by Crippen LogP contribution is 2.39. The van der Waals surface area contributed by atoms with Gasteiger partial charge in [0.25, 0.3) is 5.91 Å². The second-order valence-electron chi connectivity index (χ2n) is 6.84. The molecule has 30 heavy (non-hydrogen) atoms. The van der Waals surface area contributed by atoms with E-state index in [0.717, 1.165) is 29.3 Å². The minimum absolute atomic E-state index is 0.0508. The van der Waals surface area contributed by atoms with Gasteiger partial charge in [0.2, 0.25) is 0 Å². The zero-order valence-corrected chi connectivity index (χ0v) is 18.4. The molecule has 156 valence electrons. The number of para-hydroxylation sites is 1. The van der Waals surface area contributed by atoms with Crippen LogP contribution in [0.3, 0.4) is 0 Å². The molecule has 0 aliphatic carbocycles. The van der Waals surface area contributed by atoms with Crippen molar-refractivity contribution < 1.29 is 14.3 Å². The van der Waals surface area contributed by atoms with Gasteiger partial charge < -0.3 is 19.3 Å². The van der Waals surface area contributed by atoms with Crippen molar-refractivity contribution in [1.82, 2.24) is 9.88 Å². The number of methoxy groups -OCH3 is 2. The molecule has 1 aromatic heterocycles. The van der Waals surface area contributed by atoms with E-state index < -0.39 is 0 Å². The Morgan fingerprint density at radius 2 is 1.83 bits per heavy atom. The third-order valence-corrected chi connectivity index (χ3v) is 6.21. The number of rotatable bonds is 5. The topological polar surface area (TPSA) is 54.9 Å². The average molecular weight is 444 g/mol. The highest BCUT2D eigenvalue weighted by Gasteiger charge is 2.25. The van der Waals surface area contributed by atoms with Gasteiger partial charge in [-0.15, -0.1) is 11.3 Å². The first-order valence-electron chi connectivity index (χ1n) is 9.57. The average Bonchev–Trinajstić information content (AvgIpc) is 3.28. The first-order valence-corrected chi connectivity index (χ1v) is 10.8. The van der Waals surface area contributed by atoms with E-state index in [1.54, 1.807) is 19.6 Å². The summed E-state index contributed by atoms with van der Waals surface area (Å²) in [5.74, 6) is 1.20. The number of aromatic nitrogens is 1. The summed E-state index contributed by atoms with van der Waals surface area (Å²) in [6.07, 6.45) is 0. The number of piperazine rings is 1. The van der Waals surface area contributed by atoms with Crippen LogP contribution in [0.5, 0.6) is 11.5 Å². The number of carbonyl (C=O) groups excluding carboxylic acids is 1. The Kier molecular flexibility index (Phi) is 6.11. The fourth-order valence-corrected chi connectivity index (χ4v) is 4.55. The molecule has 2 aromatic carbocycles. The predicted molar refractivity (Wildman–Crippen MR) is 120 cm³/mol. The number of halogens is 1. The van der Waals surface area contributed by atoms with E-state index in [4.69, 9.17) is 21.1 Å². The fourth-order valence-electron chi connectivity index (χ4n) is 3.55. The van der Waals surface area contributed by atoms with Crippen molar-refractivity contribution in [3.8, 4) is 22.1 Å². The lowest BCUT2D eigenvalue weighted by Crippen LogP contribution is -2.48. The smallest absolute Gasteiger partial charge is 0.273 e. The van der Waals surface area contributed by atoms with Crippen LogP contribution in [0.15, 0.2) is 47.8 Å². The maximum Gasteiger partial charge on any atom is 0.273 e. The Bertz CT molecular complexity index is 1050. The van der Waals surface area contributed by atoms with Crippen molar-refractivity contribution in [2.75, 3.05) is 45.3 Å². The Morgan fingerprint density at radius 3 is 2.53 bits per heavy atom. The Labute approximate surface area is 184 Å². The van der Waals surface area contributed by atoms with Crippen LogP contribution in [0.1, 0.15) is 10.5 Å². The molecule has 2 heterocycles. The second-order valence-corrected chi connectivity index (χ2v) is 8.13. The van der Waals surface area contributed by atoms with Gasteiger partial charge in [-0.25, -0.2) is 4.98 Å². The molecule has 0 atom stereocenters. The first-order chi connectivity index (χ1) is 14.6. The van der Waals surface area contributed by atoms with Gasteiger partial charge >= 0.3 is 0 Å². The largest absolute Gasteiger partial charge is 0.493 e. The van der Waals surface area contributed by atoms with E-state index in [1.165, 1.54) is 11.3 Å². The molecular formula is C22H22ClN3O3S. The van der Waals surface area contributed by atoms with Crippen LogP contribution in [0.2, 0.25) is 5.02 Å². The number of nitrogens with zero attached hydrogens (tertiary/aromatic N) is 3.